The summed E-state index contributed by atoms with van der Waals surface area (Å²) in [7, 11) is 0. The van der Waals surface area contributed by atoms with E-state index >= 15 is 0 Å². The van der Waals surface area contributed by atoms with Gasteiger partial charge in [0.25, 0.3) is 0 Å². The quantitative estimate of drug-likeness (QED) is 0.758. The van der Waals surface area contributed by atoms with E-state index in [1.807, 2.05) is 5.38 Å². The van der Waals surface area contributed by atoms with Crippen molar-refractivity contribution in [2.45, 2.75) is 32.1 Å². The van der Waals surface area contributed by atoms with Crippen LogP contribution in [0.15, 0.2) is 17.7 Å². The highest BCUT2D eigenvalue weighted by Gasteiger charge is 2.47. The van der Waals surface area contributed by atoms with Crippen LogP contribution in [0.25, 0.3) is 5.57 Å². The fourth-order valence-electron chi connectivity index (χ4n) is 4.94. The molecule has 0 aromatic carbocycles. The van der Waals surface area contributed by atoms with E-state index < -0.39 is 0 Å². The Balaban J connectivity index is 1.64. The van der Waals surface area contributed by atoms with Crippen molar-refractivity contribution in [3.8, 4) is 6.07 Å². The van der Waals surface area contributed by atoms with Crippen molar-refractivity contribution < 1.29 is 0 Å². The molecule has 4 saturated carbocycles. The first-order chi connectivity index (χ1) is 9.33. The normalized spacial score (nSPS) is 40.4. The van der Waals surface area contributed by atoms with Gasteiger partial charge in [-0.05, 0) is 61.7 Å². The maximum atomic E-state index is 9.40. The molecule has 0 N–H and O–H groups in total. The van der Waals surface area contributed by atoms with E-state index in [2.05, 4.69) is 17.1 Å². The van der Waals surface area contributed by atoms with Gasteiger partial charge in [-0.2, -0.15) is 5.26 Å². The zero-order chi connectivity index (χ0) is 12.8. The van der Waals surface area contributed by atoms with Gasteiger partial charge in [-0.3, -0.25) is 0 Å². The molecule has 0 spiro atoms. The van der Waals surface area contributed by atoms with E-state index in [1.54, 1.807) is 17.5 Å². The first kappa shape index (κ1) is 11.7. The van der Waals surface area contributed by atoms with Crippen molar-refractivity contribution in [1.82, 2.24) is 4.98 Å². The molecule has 4 fully saturated rings. The van der Waals surface area contributed by atoms with Gasteiger partial charge in [0.1, 0.15) is 11.1 Å². The molecule has 4 bridgehead atoms. The number of thiazole rings is 1. The van der Waals surface area contributed by atoms with Crippen LogP contribution < -0.4 is 0 Å². The molecule has 3 heteroatoms. The van der Waals surface area contributed by atoms with Gasteiger partial charge < -0.3 is 0 Å². The van der Waals surface area contributed by atoms with Gasteiger partial charge in [0.2, 0.25) is 0 Å². The standard InChI is InChI=1S/C16H18N2S/c17-9-14(16-18-1-2-19-16)8-15-12-4-10-3-11(6-12)7-13(15)5-10/h1-2,8,10-13,15H,3-7H2/b14-8+. The third-order valence-electron chi connectivity index (χ3n) is 5.44. The van der Waals surface area contributed by atoms with Crippen LogP contribution in [0, 0.1) is 40.9 Å². The van der Waals surface area contributed by atoms with Crippen LogP contribution in [0.2, 0.25) is 0 Å². The molecule has 1 heterocycles. The van der Waals surface area contributed by atoms with E-state index in [-0.39, 0.29) is 0 Å². The second kappa shape index (κ2) is 4.45. The van der Waals surface area contributed by atoms with Crippen LogP contribution in [0.4, 0.5) is 0 Å². The highest BCUT2D eigenvalue weighted by molar-refractivity contribution is 7.10. The summed E-state index contributed by atoms with van der Waals surface area (Å²) in [6.07, 6.45) is 11.2. The molecular weight excluding hydrogens is 252 g/mol. The molecule has 0 radical (unpaired) electrons. The second-order valence-corrected chi connectivity index (χ2v) is 7.43. The number of hydrogen-bond acceptors (Lipinski definition) is 3. The Hall–Kier alpha value is -1.14. The minimum atomic E-state index is 0.645. The highest BCUT2D eigenvalue weighted by atomic mass is 32.1. The number of aromatic nitrogens is 1. The summed E-state index contributed by atoms with van der Waals surface area (Å²) >= 11 is 1.58. The van der Waals surface area contributed by atoms with E-state index in [0.29, 0.717) is 5.92 Å². The fraction of sp³-hybridized carbons (Fsp3) is 0.625. The first-order valence-electron chi connectivity index (χ1n) is 7.35. The van der Waals surface area contributed by atoms with Crippen LogP contribution >= 0.6 is 11.3 Å². The predicted octanol–water partition coefficient (Wildman–Crippen LogP) is 4.12. The van der Waals surface area contributed by atoms with Crippen molar-refractivity contribution >= 4 is 16.9 Å². The molecule has 5 rings (SSSR count). The molecule has 2 nitrogen and oxygen atoms in total. The molecular formula is C16H18N2S. The molecule has 98 valence electrons. The van der Waals surface area contributed by atoms with Gasteiger partial charge in [-0.25, -0.2) is 4.98 Å². The van der Waals surface area contributed by atoms with Gasteiger partial charge in [-0.1, -0.05) is 6.08 Å². The second-order valence-electron chi connectivity index (χ2n) is 6.54. The van der Waals surface area contributed by atoms with Crippen molar-refractivity contribution in [3.63, 3.8) is 0 Å². The van der Waals surface area contributed by atoms with Gasteiger partial charge in [-0.15, -0.1) is 11.3 Å². The van der Waals surface area contributed by atoms with Crippen LogP contribution in [0.3, 0.4) is 0 Å². The minimum absolute atomic E-state index is 0.645. The predicted molar refractivity (Wildman–Crippen MR) is 76.2 cm³/mol. The maximum Gasteiger partial charge on any atom is 0.133 e. The van der Waals surface area contributed by atoms with Crippen molar-refractivity contribution in [3.05, 3.63) is 22.7 Å². The van der Waals surface area contributed by atoms with E-state index in [9.17, 15) is 5.26 Å². The first-order valence-corrected chi connectivity index (χ1v) is 8.23. The lowest BCUT2D eigenvalue weighted by Gasteiger charge is -2.53. The fourth-order valence-corrected chi connectivity index (χ4v) is 5.56. The number of nitrogens with zero attached hydrogens (tertiary/aromatic N) is 2. The summed E-state index contributed by atoms with van der Waals surface area (Å²) in [6.45, 7) is 0. The molecule has 0 amide bonds. The third kappa shape index (κ3) is 1.94. The van der Waals surface area contributed by atoms with Gasteiger partial charge in [0.15, 0.2) is 0 Å². The molecule has 4 aliphatic carbocycles. The molecule has 0 unspecified atom stereocenters. The summed E-state index contributed by atoms with van der Waals surface area (Å²) in [5.41, 5.74) is 0.812. The van der Waals surface area contributed by atoms with Crippen LogP contribution in [0.1, 0.15) is 37.1 Å². The van der Waals surface area contributed by atoms with Gasteiger partial charge >= 0.3 is 0 Å². The van der Waals surface area contributed by atoms with Crippen molar-refractivity contribution in [1.29, 1.82) is 5.26 Å². The smallest absolute Gasteiger partial charge is 0.133 e. The lowest BCUT2D eigenvalue weighted by Crippen LogP contribution is -2.44. The Morgan fingerprint density at radius 2 is 1.89 bits per heavy atom. The average Bonchev–Trinajstić information content (AvgIpc) is 2.91. The number of hydrogen-bond donors (Lipinski definition) is 0. The molecule has 1 aromatic rings. The van der Waals surface area contributed by atoms with Gasteiger partial charge in [0.05, 0.1) is 5.57 Å². The van der Waals surface area contributed by atoms with Crippen molar-refractivity contribution in [2.75, 3.05) is 0 Å². The summed E-state index contributed by atoms with van der Waals surface area (Å²) in [5.74, 6) is 4.33. The number of nitriles is 1. The third-order valence-corrected chi connectivity index (χ3v) is 6.25. The number of rotatable bonds is 2. The Labute approximate surface area is 118 Å². The molecule has 1 aromatic heterocycles. The molecule has 4 aliphatic rings. The van der Waals surface area contributed by atoms with Crippen LogP contribution in [-0.2, 0) is 0 Å². The molecule has 0 saturated heterocycles. The van der Waals surface area contributed by atoms with E-state index in [4.69, 9.17) is 0 Å². The molecule has 0 aliphatic heterocycles. The molecule has 19 heavy (non-hydrogen) atoms. The Morgan fingerprint density at radius 3 is 2.42 bits per heavy atom. The van der Waals surface area contributed by atoms with E-state index in [1.165, 1.54) is 32.1 Å². The lowest BCUT2D eigenvalue weighted by molar-refractivity contribution is -0.0159. The van der Waals surface area contributed by atoms with Crippen molar-refractivity contribution in [2.24, 2.45) is 29.6 Å². The van der Waals surface area contributed by atoms with Crippen LogP contribution in [0.5, 0.6) is 0 Å². The molecule has 0 atom stereocenters. The van der Waals surface area contributed by atoms with E-state index in [0.717, 1.165) is 34.3 Å². The lowest BCUT2D eigenvalue weighted by atomic mass is 9.52. The maximum absolute atomic E-state index is 9.40. The number of allylic oxidation sites excluding steroid dienone is 2. The minimum Gasteiger partial charge on any atom is -0.244 e. The van der Waals surface area contributed by atoms with Gasteiger partial charge in [0, 0.05) is 11.6 Å². The Bertz CT molecular complexity index is 510. The largest absolute Gasteiger partial charge is 0.244 e. The summed E-state index contributed by atoms with van der Waals surface area (Å²) in [6, 6.07) is 2.37. The summed E-state index contributed by atoms with van der Waals surface area (Å²) in [5, 5.41) is 12.3. The Kier molecular flexibility index (Phi) is 2.73. The Morgan fingerprint density at radius 1 is 1.21 bits per heavy atom. The monoisotopic (exact) mass is 270 g/mol. The topological polar surface area (TPSA) is 36.7 Å². The highest BCUT2D eigenvalue weighted by Crippen LogP contribution is 2.57. The zero-order valence-electron chi connectivity index (χ0n) is 11.0. The zero-order valence-corrected chi connectivity index (χ0v) is 11.8. The average molecular weight is 270 g/mol. The SMILES string of the molecule is N#C/C(=C\C1C2CC3CC(C2)CC1C3)c1nccs1. The summed E-state index contributed by atoms with van der Waals surface area (Å²) < 4.78 is 0. The van der Waals surface area contributed by atoms with Crippen LogP contribution in [-0.4, -0.2) is 4.98 Å². The summed E-state index contributed by atoms with van der Waals surface area (Å²) in [4.78, 5) is 4.30.